The highest BCUT2D eigenvalue weighted by molar-refractivity contribution is 7.92. The van der Waals surface area contributed by atoms with Crippen LogP contribution in [-0.4, -0.2) is 25.8 Å². The van der Waals surface area contributed by atoms with Gasteiger partial charge in [0.15, 0.2) is 0 Å². The molecule has 0 aliphatic rings. The molecule has 2 aromatic heterocycles. The van der Waals surface area contributed by atoms with Gasteiger partial charge in [-0.05, 0) is 34.7 Å². The Morgan fingerprint density at radius 1 is 1.06 bits per heavy atom. The summed E-state index contributed by atoms with van der Waals surface area (Å²) in [4.78, 5) is 3.86. The van der Waals surface area contributed by atoms with E-state index < -0.39 is 28.5 Å². The minimum Gasteiger partial charge on any atom is -0.354 e. The van der Waals surface area contributed by atoms with Crippen molar-refractivity contribution < 1.29 is 21.6 Å². The molecule has 0 saturated carbocycles. The highest BCUT2D eigenvalue weighted by Crippen LogP contribution is 2.45. The van der Waals surface area contributed by atoms with Crippen LogP contribution in [0, 0.1) is 0 Å². The molecule has 0 fully saturated rings. The number of aromatic amines is 1. The fraction of sp³-hybridized carbons (Fsp3) is 0.182. The third-order valence-corrected chi connectivity index (χ3v) is 6.47. The molecule has 4 nitrogen and oxygen atoms in total. The Kier molecular flexibility index (Phi) is 5.57. The number of aromatic nitrogens is 1. The molecule has 0 radical (unpaired) electrons. The summed E-state index contributed by atoms with van der Waals surface area (Å²) in [7, 11) is -3.49. The lowest BCUT2D eigenvalue weighted by Crippen LogP contribution is -2.14. The summed E-state index contributed by atoms with van der Waals surface area (Å²) < 4.78 is 66.4. The van der Waals surface area contributed by atoms with Crippen molar-refractivity contribution in [3.05, 3.63) is 76.5 Å². The van der Waals surface area contributed by atoms with Crippen molar-refractivity contribution in [3.8, 4) is 11.3 Å². The van der Waals surface area contributed by atoms with Crippen molar-refractivity contribution in [2.45, 2.75) is 18.5 Å². The van der Waals surface area contributed by atoms with Crippen LogP contribution in [0.3, 0.4) is 0 Å². The first-order valence-electron chi connectivity index (χ1n) is 9.40. The van der Waals surface area contributed by atoms with Crippen molar-refractivity contribution >= 4 is 38.0 Å². The molecule has 0 aliphatic carbocycles. The lowest BCUT2D eigenvalue weighted by molar-refractivity contribution is -0.136. The van der Waals surface area contributed by atoms with Crippen LogP contribution in [0.25, 0.3) is 22.2 Å². The number of hydrogen-bond acceptors (Lipinski definition) is 3. The number of anilines is 1. The van der Waals surface area contributed by atoms with Gasteiger partial charge in [-0.2, -0.15) is 13.2 Å². The lowest BCUT2D eigenvalue weighted by Gasteiger charge is -2.19. The molecule has 1 atom stereocenters. The number of benzene rings is 2. The molecule has 0 aliphatic heterocycles. The summed E-state index contributed by atoms with van der Waals surface area (Å²) in [5.74, 6) is -0.891. The number of halogens is 3. The van der Waals surface area contributed by atoms with Crippen LogP contribution in [0.5, 0.6) is 0 Å². The zero-order chi connectivity index (χ0) is 22.2. The normalized spacial score (nSPS) is 13.4. The molecular formula is C22H19F3N2O2S2. The van der Waals surface area contributed by atoms with Crippen molar-refractivity contribution in [1.82, 2.24) is 4.98 Å². The quantitative estimate of drug-likeness (QED) is 0.349. The second kappa shape index (κ2) is 8.05. The number of sulfonamides is 1. The Morgan fingerprint density at radius 2 is 1.81 bits per heavy atom. The van der Waals surface area contributed by atoms with E-state index in [9.17, 15) is 21.6 Å². The van der Waals surface area contributed by atoms with Crippen LogP contribution < -0.4 is 4.72 Å². The van der Waals surface area contributed by atoms with Crippen molar-refractivity contribution in [2.75, 3.05) is 11.0 Å². The van der Waals surface area contributed by atoms with Gasteiger partial charge in [0.05, 0.1) is 24.1 Å². The summed E-state index contributed by atoms with van der Waals surface area (Å²) in [6.07, 6.45) is -4.31. The largest absolute Gasteiger partial charge is 0.390 e. The van der Waals surface area contributed by atoms with Crippen LogP contribution in [0.15, 0.2) is 66.0 Å². The first-order valence-corrected chi connectivity index (χ1v) is 12.2. The monoisotopic (exact) mass is 464 g/mol. The van der Waals surface area contributed by atoms with E-state index in [0.717, 1.165) is 11.8 Å². The maximum atomic E-state index is 13.6. The molecule has 2 heterocycles. The lowest BCUT2D eigenvalue weighted by atomic mass is 9.89. The smallest absolute Gasteiger partial charge is 0.354 e. The number of hydrogen-bond donors (Lipinski definition) is 2. The second-order valence-electron chi connectivity index (χ2n) is 7.30. The Hall–Kier alpha value is -2.78. The van der Waals surface area contributed by atoms with Crippen molar-refractivity contribution in [1.29, 1.82) is 0 Å². The minimum absolute atomic E-state index is 0.339. The Labute approximate surface area is 181 Å². The van der Waals surface area contributed by atoms with Gasteiger partial charge in [0.25, 0.3) is 0 Å². The summed E-state index contributed by atoms with van der Waals surface area (Å²) in [5, 5.41) is 2.39. The maximum Gasteiger partial charge on any atom is 0.390 e. The number of H-pyrrole nitrogens is 1. The van der Waals surface area contributed by atoms with Gasteiger partial charge in [0, 0.05) is 21.7 Å². The zero-order valence-corrected chi connectivity index (χ0v) is 18.0. The molecule has 0 bridgehead atoms. The molecule has 9 heteroatoms. The summed E-state index contributed by atoms with van der Waals surface area (Å²) in [5.41, 5.74) is 2.80. The van der Waals surface area contributed by atoms with E-state index >= 15 is 0 Å². The highest BCUT2D eigenvalue weighted by Gasteiger charge is 2.36. The second-order valence-corrected chi connectivity index (χ2v) is 10.0. The fourth-order valence-electron chi connectivity index (χ4n) is 3.76. The van der Waals surface area contributed by atoms with Crippen LogP contribution in [0.4, 0.5) is 18.9 Å². The standard InChI is InChI=1S/C22H19F3N2O2S2/c1-31(28,29)27-15-9-10-16-18(12-15)26-21(14-6-3-2-4-7-14)20(16)17(13-22(23,24)25)19-8-5-11-30-19/h2-12,17,26-27H,13H2,1H3. The van der Waals surface area contributed by atoms with Gasteiger partial charge in [0.1, 0.15) is 0 Å². The van der Waals surface area contributed by atoms with Crippen LogP contribution in [0.1, 0.15) is 22.8 Å². The Morgan fingerprint density at radius 3 is 2.42 bits per heavy atom. The zero-order valence-electron chi connectivity index (χ0n) is 16.4. The molecule has 4 aromatic rings. The number of thiophene rings is 1. The summed E-state index contributed by atoms with van der Waals surface area (Å²) in [6.45, 7) is 0. The van der Waals surface area contributed by atoms with Gasteiger partial charge >= 0.3 is 6.18 Å². The maximum absolute atomic E-state index is 13.6. The average Bonchev–Trinajstić information content (AvgIpc) is 3.33. The molecule has 2 aromatic carbocycles. The van der Waals surface area contributed by atoms with Gasteiger partial charge in [0.2, 0.25) is 10.0 Å². The predicted octanol–water partition coefficient (Wildman–Crippen LogP) is 6.35. The van der Waals surface area contributed by atoms with E-state index in [4.69, 9.17) is 0 Å². The van der Waals surface area contributed by atoms with E-state index in [2.05, 4.69) is 9.71 Å². The number of nitrogens with one attached hydrogen (secondary N) is 2. The van der Waals surface area contributed by atoms with Gasteiger partial charge in [-0.25, -0.2) is 8.42 Å². The van der Waals surface area contributed by atoms with Gasteiger partial charge in [-0.3, -0.25) is 4.72 Å². The van der Waals surface area contributed by atoms with Crippen LogP contribution in [-0.2, 0) is 10.0 Å². The molecule has 0 saturated heterocycles. The van der Waals surface area contributed by atoms with Crippen LogP contribution in [0.2, 0.25) is 0 Å². The van der Waals surface area contributed by atoms with Gasteiger partial charge in [-0.1, -0.05) is 42.5 Å². The molecule has 0 amide bonds. The van der Waals surface area contributed by atoms with Crippen molar-refractivity contribution in [2.24, 2.45) is 0 Å². The van der Waals surface area contributed by atoms with Gasteiger partial charge < -0.3 is 4.98 Å². The number of fused-ring (bicyclic) bond motifs is 1. The Bertz CT molecular complexity index is 1300. The first kappa shape index (κ1) is 21.5. The molecule has 31 heavy (non-hydrogen) atoms. The highest BCUT2D eigenvalue weighted by atomic mass is 32.2. The van der Waals surface area contributed by atoms with E-state index in [1.807, 2.05) is 30.3 Å². The van der Waals surface area contributed by atoms with E-state index in [1.165, 1.54) is 11.3 Å². The third kappa shape index (κ3) is 4.94. The molecule has 1 unspecified atom stereocenters. The van der Waals surface area contributed by atoms with Gasteiger partial charge in [-0.15, -0.1) is 11.3 Å². The minimum atomic E-state index is -4.36. The topological polar surface area (TPSA) is 62.0 Å². The third-order valence-electron chi connectivity index (χ3n) is 4.88. The molecule has 4 rings (SSSR count). The summed E-state index contributed by atoms with van der Waals surface area (Å²) >= 11 is 1.29. The number of alkyl halides is 3. The van der Waals surface area contributed by atoms with E-state index in [0.29, 0.717) is 32.7 Å². The van der Waals surface area contributed by atoms with E-state index in [1.54, 1.807) is 35.7 Å². The fourth-order valence-corrected chi connectivity index (χ4v) is 5.15. The molecular weight excluding hydrogens is 445 g/mol. The SMILES string of the molecule is CS(=O)(=O)Nc1ccc2c(C(CC(F)(F)F)c3cccs3)c(-c3ccccc3)[nH]c2c1. The molecule has 162 valence electrons. The Balaban J connectivity index is 1.96. The van der Waals surface area contributed by atoms with Crippen LogP contribution >= 0.6 is 11.3 Å². The van der Waals surface area contributed by atoms with Crippen molar-refractivity contribution in [3.63, 3.8) is 0 Å². The predicted molar refractivity (Wildman–Crippen MR) is 119 cm³/mol. The summed E-state index contributed by atoms with van der Waals surface area (Å²) in [6, 6.07) is 17.5. The molecule has 2 N–H and O–H groups in total. The molecule has 0 spiro atoms. The van der Waals surface area contributed by atoms with E-state index in [-0.39, 0.29) is 0 Å². The number of rotatable bonds is 6. The average molecular weight is 465 g/mol. The first-order chi connectivity index (χ1) is 14.6.